The van der Waals surface area contributed by atoms with Crippen LogP contribution in [0.15, 0.2) is 18.2 Å². The van der Waals surface area contributed by atoms with Crippen molar-refractivity contribution in [2.24, 2.45) is 7.05 Å². The van der Waals surface area contributed by atoms with Crippen molar-refractivity contribution in [3.63, 3.8) is 0 Å². The molecule has 0 radical (unpaired) electrons. The predicted molar refractivity (Wildman–Crippen MR) is 69.7 cm³/mol. The van der Waals surface area contributed by atoms with Gasteiger partial charge in [-0.3, -0.25) is 4.68 Å². The molecule has 0 aliphatic heterocycles. The molecule has 0 unspecified atom stereocenters. The lowest BCUT2D eigenvalue weighted by atomic mass is 10.1. The molecule has 1 aromatic carbocycles. The second kappa shape index (κ2) is 4.20. The Kier molecular flexibility index (Phi) is 2.88. The summed E-state index contributed by atoms with van der Waals surface area (Å²) in [6, 6.07) is 5.88. The summed E-state index contributed by atoms with van der Waals surface area (Å²) < 4.78 is 1.84. The summed E-state index contributed by atoms with van der Waals surface area (Å²) in [4.78, 5) is 4.56. The maximum Gasteiger partial charge on any atom is 0.181 e. The Hall–Kier alpha value is -1.84. The van der Waals surface area contributed by atoms with Crippen LogP contribution in [0.5, 0.6) is 0 Å². The SMILES string of the molecule is Cc1cc(-c2nc(C(C)C)n(C)n2)ccc1N. The Bertz CT molecular complexity index is 540. The van der Waals surface area contributed by atoms with Crippen LogP contribution in [0.3, 0.4) is 0 Å². The number of hydrogen-bond acceptors (Lipinski definition) is 3. The molecule has 0 aliphatic carbocycles. The molecule has 0 saturated heterocycles. The highest BCUT2D eigenvalue weighted by molar-refractivity contribution is 5.61. The fourth-order valence-electron chi connectivity index (χ4n) is 1.84. The monoisotopic (exact) mass is 230 g/mol. The third-order valence-electron chi connectivity index (χ3n) is 2.84. The van der Waals surface area contributed by atoms with Gasteiger partial charge in [0, 0.05) is 24.2 Å². The van der Waals surface area contributed by atoms with E-state index in [9.17, 15) is 0 Å². The minimum atomic E-state index is 0.371. The summed E-state index contributed by atoms with van der Waals surface area (Å²) >= 11 is 0. The smallest absolute Gasteiger partial charge is 0.181 e. The van der Waals surface area contributed by atoms with E-state index >= 15 is 0 Å². The molecule has 17 heavy (non-hydrogen) atoms. The van der Waals surface area contributed by atoms with E-state index in [1.807, 2.05) is 36.9 Å². The topological polar surface area (TPSA) is 56.7 Å². The second-order valence-electron chi connectivity index (χ2n) is 4.64. The van der Waals surface area contributed by atoms with Crippen molar-refractivity contribution in [2.75, 3.05) is 5.73 Å². The molecule has 0 fully saturated rings. The van der Waals surface area contributed by atoms with Crippen LogP contribution in [0.2, 0.25) is 0 Å². The van der Waals surface area contributed by atoms with Crippen LogP contribution in [-0.4, -0.2) is 14.8 Å². The second-order valence-corrected chi connectivity index (χ2v) is 4.64. The molecule has 4 nitrogen and oxygen atoms in total. The molecule has 2 aromatic rings. The van der Waals surface area contributed by atoms with E-state index in [1.165, 1.54) is 0 Å². The van der Waals surface area contributed by atoms with Gasteiger partial charge in [0.05, 0.1) is 0 Å². The molecule has 0 saturated carbocycles. The molecular weight excluding hydrogens is 212 g/mol. The maximum atomic E-state index is 5.80. The number of nitrogens with two attached hydrogens (primary N) is 1. The third-order valence-corrected chi connectivity index (χ3v) is 2.84. The number of benzene rings is 1. The van der Waals surface area contributed by atoms with Gasteiger partial charge in [0.15, 0.2) is 5.82 Å². The van der Waals surface area contributed by atoms with E-state index in [0.29, 0.717) is 5.92 Å². The molecule has 0 aliphatic rings. The van der Waals surface area contributed by atoms with Gasteiger partial charge < -0.3 is 5.73 Å². The molecule has 1 heterocycles. The van der Waals surface area contributed by atoms with Gasteiger partial charge in [-0.2, -0.15) is 5.10 Å². The number of aromatic nitrogens is 3. The molecule has 0 bridgehead atoms. The average molecular weight is 230 g/mol. The van der Waals surface area contributed by atoms with Gasteiger partial charge >= 0.3 is 0 Å². The number of nitrogen functional groups attached to an aromatic ring is 1. The molecule has 90 valence electrons. The quantitative estimate of drug-likeness (QED) is 0.806. The van der Waals surface area contributed by atoms with Crippen LogP contribution in [0.1, 0.15) is 31.2 Å². The Balaban J connectivity index is 2.46. The first-order valence-electron chi connectivity index (χ1n) is 5.76. The number of hydrogen-bond donors (Lipinski definition) is 1. The summed E-state index contributed by atoms with van der Waals surface area (Å²) in [5, 5.41) is 4.44. The lowest BCUT2D eigenvalue weighted by Crippen LogP contribution is -2.00. The van der Waals surface area contributed by atoms with E-state index in [2.05, 4.69) is 23.9 Å². The number of aryl methyl sites for hydroxylation is 2. The Labute approximate surface area is 101 Å². The molecule has 4 heteroatoms. The van der Waals surface area contributed by atoms with Crippen LogP contribution >= 0.6 is 0 Å². The lowest BCUT2D eigenvalue weighted by molar-refractivity contribution is 0.655. The number of nitrogens with zero attached hydrogens (tertiary/aromatic N) is 3. The Morgan fingerprint density at radius 3 is 2.53 bits per heavy atom. The first-order valence-corrected chi connectivity index (χ1v) is 5.76. The highest BCUT2D eigenvalue weighted by Gasteiger charge is 2.12. The van der Waals surface area contributed by atoms with Gasteiger partial charge in [-0.25, -0.2) is 4.98 Å². The van der Waals surface area contributed by atoms with Crippen molar-refractivity contribution in [1.29, 1.82) is 0 Å². The molecule has 0 spiro atoms. The van der Waals surface area contributed by atoms with E-state index in [1.54, 1.807) is 0 Å². The van der Waals surface area contributed by atoms with Crippen molar-refractivity contribution in [3.05, 3.63) is 29.6 Å². The zero-order chi connectivity index (χ0) is 12.6. The zero-order valence-electron chi connectivity index (χ0n) is 10.7. The standard InChI is InChI=1S/C13H18N4/c1-8(2)13-15-12(16-17(13)4)10-5-6-11(14)9(3)7-10/h5-8H,14H2,1-4H3. The normalized spacial score (nSPS) is 11.1. The van der Waals surface area contributed by atoms with E-state index in [4.69, 9.17) is 5.73 Å². The van der Waals surface area contributed by atoms with Crippen LogP contribution in [0, 0.1) is 6.92 Å². The number of anilines is 1. The molecule has 0 amide bonds. The van der Waals surface area contributed by atoms with Crippen molar-refractivity contribution in [1.82, 2.24) is 14.8 Å². The molecule has 2 N–H and O–H groups in total. The summed E-state index contributed by atoms with van der Waals surface area (Å²) in [6.45, 7) is 6.22. The maximum absolute atomic E-state index is 5.80. The van der Waals surface area contributed by atoms with E-state index < -0.39 is 0 Å². The van der Waals surface area contributed by atoms with Crippen LogP contribution in [-0.2, 0) is 7.05 Å². The van der Waals surface area contributed by atoms with Gasteiger partial charge in [0.25, 0.3) is 0 Å². The van der Waals surface area contributed by atoms with Crippen LogP contribution in [0.4, 0.5) is 5.69 Å². The lowest BCUT2D eigenvalue weighted by Gasteiger charge is -2.01. The summed E-state index contributed by atoms with van der Waals surface area (Å²) in [6.07, 6.45) is 0. The fraction of sp³-hybridized carbons (Fsp3) is 0.385. The van der Waals surface area contributed by atoms with Crippen molar-refractivity contribution in [2.45, 2.75) is 26.7 Å². The fourth-order valence-corrected chi connectivity index (χ4v) is 1.84. The van der Waals surface area contributed by atoms with Gasteiger partial charge in [0.1, 0.15) is 5.82 Å². The highest BCUT2D eigenvalue weighted by atomic mass is 15.3. The molecule has 2 rings (SSSR count). The highest BCUT2D eigenvalue weighted by Crippen LogP contribution is 2.22. The summed E-state index contributed by atoms with van der Waals surface area (Å²) in [7, 11) is 1.93. The van der Waals surface area contributed by atoms with Crippen molar-refractivity contribution >= 4 is 5.69 Å². The molecular formula is C13H18N4. The number of rotatable bonds is 2. The Morgan fingerprint density at radius 2 is 2.00 bits per heavy atom. The van der Waals surface area contributed by atoms with Gasteiger partial charge in [0.2, 0.25) is 0 Å². The van der Waals surface area contributed by atoms with Gasteiger partial charge in [-0.1, -0.05) is 13.8 Å². The average Bonchev–Trinajstić information content (AvgIpc) is 2.64. The summed E-state index contributed by atoms with van der Waals surface area (Å²) in [5.41, 5.74) is 8.67. The van der Waals surface area contributed by atoms with E-state index in [-0.39, 0.29) is 0 Å². The third kappa shape index (κ3) is 2.16. The minimum Gasteiger partial charge on any atom is -0.399 e. The van der Waals surface area contributed by atoms with Crippen LogP contribution < -0.4 is 5.73 Å². The molecule has 1 aromatic heterocycles. The minimum absolute atomic E-state index is 0.371. The summed E-state index contributed by atoms with van der Waals surface area (Å²) in [5.74, 6) is 2.13. The van der Waals surface area contributed by atoms with E-state index in [0.717, 1.165) is 28.5 Å². The van der Waals surface area contributed by atoms with Gasteiger partial charge in [-0.15, -0.1) is 0 Å². The first kappa shape index (κ1) is 11.6. The Morgan fingerprint density at radius 1 is 1.29 bits per heavy atom. The van der Waals surface area contributed by atoms with Crippen molar-refractivity contribution < 1.29 is 0 Å². The van der Waals surface area contributed by atoms with Gasteiger partial charge in [-0.05, 0) is 30.7 Å². The molecule has 0 atom stereocenters. The van der Waals surface area contributed by atoms with Crippen molar-refractivity contribution in [3.8, 4) is 11.4 Å². The predicted octanol–water partition coefficient (Wildman–Crippen LogP) is 2.50. The largest absolute Gasteiger partial charge is 0.399 e. The first-order chi connectivity index (χ1) is 7.99. The zero-order valence-corrected chi connectivity index (χ0v) is 10.7. The van der Waals surface area contributed by atoms with Crippen LogP contribution in [0.25, 0.3) is 11.4 Å².